The van der Waals surface area contributed by atoms with E-state index in [1.54, 1.807) is 0 Å². The van der Waals surface area contributed by atoms with Crippen molar-refractivity contribution in [2.24, 2.45) is 17.6 Å². The van der Waals surface area contributed by atoms with E-state index < -0.39 is 0 Å². The minimum absolute atomic E-state index is 0.160. The van der Waals surface area contributed by atoms with Gasteiger partial charge in [-0.15, -0.1) is 0 Å². The van der Waals surface area contributed by atoms with E-state index in [-0.39, 0.29) is 29.8 Å². The predicted octanol–water partition coefficient (Wildman–Crippen LogP) is -0.0607. The second-order valence-corrected chi connectivity index (χ2v) is 3.88. The van der Waals surface area contributed by atoms with Crippen molar-refractivity contribution >= 4 is 11.7 Å². The van der Waals surface area contributed by atoms with E-state index in [2.05, 4.69) is 15.5 Å². The van der Waals surface area contributed by atoms with Crippen LogP contribution in [0.3, 0.4) is 0 Å². The third kappa shape index (κ3) is 3.16. The van der Waals surface area contributed by atoms with Crippen LogP contribution in [0.2, 0.25) is 0 Å². The molecular weight excluding hydrogens is 208 g/mol. The van der Waals surface area contributed by atoms with Gasteiger partial charge in [-0.2, -0.15) is 5.10 Å². The van der Waals surface area contributed by atoms with Crippen LogP contribution >= 0.6 is 0 Å². The molecule has 16 heavy (non-hydrogen) atoms. The highest BCUT2D eigenvalue weighted by Gasteiger charge is 2.20. The molecule has 1 unspecified atom stereocenters. The monoisotopic (exact) mass is 224 g/mol. The molecule has 0 radical (unpaired) electrons. The zero-order chi connectivity index (χ0) is 12.1. The summed E-state index contributed by atoms with van der Waals surface area (Å²) in [6, 6.07) is 2.75. The minimum atomic E-state index is -0.308. The van der Waals surface area contributed by atoms with E-state index in [1.165, 1.54) is 12.1 Å². The standard InChI is InChI=1S/C10H16N4O2/c1-6(2)7(5-11)10(16)12-8-3-4-9(15)14-13-8/h3-4,6-7H,5,11H2,1-2H3,(H,14,15)(H,12,13,16). The minimum Gasteiger partial charge on any atom is -0.330 e. The zero-order valence-corrected chi connectivity index (χ0v) is 9.36. The van der Waals surface area contributed by atoms with Crippen LogP contribution in [0.1, 0.15) is 13.8 Å². The summed E-state index contributed by atoms with van der Waals surface area (Å²) in [4.78, 5) is 22.5. The summed E-state index contributed by atoms with van der Waals surface area (Å²) in [5.74, 6) is 0.0437. The van der Waals surface area contributed by atoms with Gasteiger partial charge in [0.1, 0.15) is 0 Å². The third-order valence-electron chi connectivity index (χ3n) is 2.33. The number of anilines is 1. The van der Waals surface area contributed by atoms with Gasteiger partial charge in [0.05, 0.1) is 5.92 Å². The molecule has 1 rings (SSSR count). The molecule has 88 valence electrons. The number of aromatic nitrogens is 2. The van der Waals surface area contributed by atoms with Crippen molar-refractivity contribution in [1.82, 2.24) is 10.2 Å². The zero-order valence-electron chi connectivity index (χ0n) is 9.36. The molecule has 0 spiro atoms. The number of nitrogens with two attached hydrogens (primary N) is 1. The molecule has 0 aliphatic carbocycles. The highest BCUT2D eigenvalue weighted by molar-refractivity contribution is 5.91. The Balaban J connectivity index is 2.70. The van der Waals surface area contributed by atoms with Crippen LogP contribution in [0, 0.1) is 11.8 Å². The smallest absolute Gasteiger partial charge is 0.264 e. The van der Waals surface area contributed by atoms with E-state index in [0.29, 0.717) is 5.82 Å². The third-order valence-corrected chi connectivity index (χ3v) is 2.33. The lowest BCUT2D eigenvalue weighted by Gasteiger charge is -2.17. The lowest BCUT2D eigenvalue weighted by atomic mass is 9.95. The van der Waals surface area contributed by atoms with Gasteiger partial charge in [-0.3, -0.25) is 9.59 Å². The molecule has 1 atom stereocenters. The van der Waals surface area contributed by atoms with Gasteiger partial charge in [-0.05, 0) is 12.0 Å². The molecule has 6 nitrogen and oxygen atoms in total. The number of carbonyl (C=O) groups excluding carboxylic acids is 1. The second-order valence-electron chi connectivity index (χ2n) is 3.88. The quantitative estimate of drug-likeness (QED) is 0.666. The number of hydrogen-bond donors (Lipinski definition) is 3. The number of H-pyrrole nitrogens is 1. The van der Waals surface area contributed by atoms with Gasteiger partial charge in [0, 0.05) is 12.6 Å². The maximum Gasteiger partial charge on any atom is 0.264 e. The van der Waals surface area contributed by atoms with Crippen molar-refractivity contribution in [3.8, 4) is 0 Å². The van der Waals surface area contributed by atoms with Crippen LogP contribution in [-0.4, -0.2) is 22.6 Å². The Kier molecular flexibility index (Phi) is 4.19. The average Bonchev–Trinajstić information content (AvgIpc) is 2.22. The Morgan fingerprint density at radius 3 is 2.69 bits per heavy atom. The molecule has 0 saturated heterocycles. The molecule has 1 aromatic heterocycles. The van der Waals surface area contributed by atoms with Gasteiger partial charge in [0.15, 0.2) is 5.82 Å². The molecule has 0 aliphatic rings. The SMILES string of the molecule is CC(C)C(CN)C(=O)Nc1ccc(=O)[nH]n1. The fourth-order valence-electron chi connectivity index (χ4n) is 1.31. The van der Waals surface area contributed by atoms with Crippen molar-refractivity contribution in [3.05, 3.63) is 22.5 Å². The van der Waals surface area contributed by atoms with Gasteiger partial charge in [0.25, 0.3) is 5.56 Å². The Morgan fingerprint density at radius 1 is 1.56 bits per heavy atom. The van der Waals surface area contributed by atoms with Crippen molar-refractivity contribution in [2.75, 3.05) is 11.9 Å². The Morgan fingerprint density at radius 2 is 2.25 bits per heavy atom. The number of aromatic amines is 1. The van der Waals surface area contributed by atoms with Crippen LogP contribution in [0.5, 0.6) is 0 Å². The van der Waals surface area contributed by atoms with Gasteiger partial charge in [-0.1, -0.05) is 13.8 Å². The molecule has 1 amide bonds. The Labute approximate surface area is 93.2 Å². The number of amides is 1. The van der Waals surface area contributed by atoms with Crippen molar-refractivity contribution in [2.45, 2.75) is 13.8 Å². The topological polar surface area (TPSA) is 101 Å². The molecule has 1 heterocycles. The molecule has 6 heteroatoms. The van der Waals surface area contributed by atoms with Crippen LogP contribution in [0.15, 0.2) is 16.9 Å². The summed E-state index contributed by atoms with van der Waals surface area (Å²) >= 11 is 0. The summed E-state index contributed by atoms with van der Waals surface area (Å²) in [6.07, 6.45) is 0. The number of nitrogens with one attached hydrogen (secondary N) is 2. The molecule has 0 aliphatic heterocycles. The molecular formula is C10H16N4O2. The van der Waals surface area contributed by atoms with Gasteiger partial charge in [0.2, 0.25) is 5.91 Å². The second kappa shape index (κ2) is 5.41. The molecule has 0 bridgehead atoms. The summed E-state index contributed by atoms with van der Waals surface area (Å²) in [5, 5.41) is 8.53. The first kappa shape index (κ1) is 12.4. The lowest BCUT2D eigenvalue weighted by Crippen LogP contribution is -2.33. The first-order chi connectivity index (χ1) is 7.54. The van der Waals surface area contributed by atoms with Gasteiger partial charge >= 0.3 is 0 Å². The highest BCUT2D eigenvalue weighted by Crippen LogP contribution is 2.11. The Bertz CT molecular complexity index is 393. The largest absolute Gasteiger partial charge is 0.330 e. The molecule has 0 saturated carbocycles. The molecule has 0 fully saturated rings. The summed E-state index contributed by atoms with van der Waals surface area (Å²) in [6.45, 7) is 4.14. The summed E-state index contributed by atoms with van der Waals surface area (Å²) in [7, 11) is 0. The van der Waals surface area contributed by atoms with Crippen molar-refractivity contribution in [1.29, 1.82) is 0 Å². The Hall–Kier alpha value is -1.69. The molecule has 1 aromatic rings. The van der Waals surface area contributed by atoms with E-state index in [0.717, 1.165) is 0 Å². The van der Waals surface area contributed by atoms with Crippen molar-refractivity contribution < 1.29 is 4.79 Å². The maximum atomic E-state index is 11.7. The number of rotatable bonds is 4. The number of hydrogen-bond acceptors (Lipinski definition) is 4. The lowest BCUT2D eigenvalue weighted by molar-refractivity contribution is -0.120. The van der Waals surface area contributed by atoms with Crippen LogP contribution in [0.4, 0.5) is 5.82 Å². The summed E-state index contributed by atoms with van der Waals surface area (Å²) < 4.78 is 0. The summed E-state index contributed by atoms with van der Waals surface area (Å²) in [5.41, 5.74) is 5.21. The predicted molar refractivity (Wildman–Crippen MR) is 60.9 cm³/mol. The average molecular weight is 224 g/mol. The fourth-order valence-corrected chi connectivity index (χ4v) is 1.31. The molecule has 0 aromatic carbocycles. The normalized spacial score (nSPS) is 12.5. The number of carbonyl (C=O) groups is 1. The number of nitrogens with zero attached hydrogens (tertiary/aromatic N) is 1. The van der Waals surface area contributed by atoms with Crippen LogP contribution < -0.4 is 16.6 Å². The van der Waals surface area contributed by atoms with Gasteiger partial charge < -0.3 is 11.1 Å². The fraction of sp³-hybridized carbons (Fsp3) is 0.500. The molecule has 4 N–H and O–H groups in total. The van der Waals surface area contributed by atoms with E-state index in [9.17, 15) is 9.59 Å². The first-order valence-corrected chi connectivity index (χ1v) is 5.11. The maximum absolute atomic E-state index is 11.7. The van der Waals surface area contributed by atoms with Gasteiger partial charge in [-0.25, -0.2) is 5.10 Å². The first-order valence-electron chi connectivity index (χ1n) is 5.11. The van der Waals surface area contributed by atoms with E-state index in [1.807, 2.05) is 13.8 Å². The van der Waals surface area contributed by atoms with Crippen LogP contribution in [0.25, 0.3) is 0 Å². The highest BCUT2D eigenvalue weighted by atomic mass is 16.2. The van der Waals surface area contributed by atoms with E-state index >= 15 is 0 Å². The van der Waals surface area contributed by atoms with Crippen molar-refractivity contribution in [3.63, 3.8) is 0 Å². The van der Waals surface area contributed by atoms with Crippen LogP contribution in [-0.2, 0) is 4.79 Å². The van der Waals surface area contributed by atoms with E-state index in [4.69, 9.17) is 5.73 Å².